The van der Waals surface area contributed by atoms with Crippen LogP contribution in [0.3, 0.4) is 0 Å². The number of esters is 1. The Bertz CT molecular complexity index is 849. The predicted octanol–water partition coefficient (Wildman–Crippen LogP) is 4.00. The van der Waals surface area contributed by atoms with Crippen LogP contribution in [0.1, 0.15) is 41.5 Å². The van der Waals surface area contributed by atoms with Crippen LogP contribution in [0.5, 0.6) is 0 Å². The SMILES string of the molecule is CC(=O)OC[C@@H](O)C(C)=C=C(C)[Si](c1ccccc1)(c1ccccc1)C(C)(C)C. The number of aliphatic hydroxyl groups is 1. The van der Waals surface area contributed by atoms with Crippen LogP contribution in [0.15, 0.2) is 77.2 Å². The van der Waals surface area contributed by atoms with Gasteiger partial charge in [-0.1, -0.05) is 81.4 Å². The summed E-state index contributed by atoms with van der Waals surface area (Å²) in [6.45, 7) is 12.1. The van der Waals surface area contributed by atoms with Gasteiger partial charge in [0, 0.05) is 6.92 Å². The highest BCUT2D eigenvalue weighted by Crippen LogP contribution is 2.40. The van der Waals surface area contributed by atoms with Crippen LogP contribution in [-0.2, 0) is 9.53 Å². The molecule has 1 N–H and O–H groups in total. The molecule has 2 aromatic carbocycles. The van der Waals surface area contributed by atoms with Crippen LogP contribution >= 0.6 is 0 Å². The second kappa shape index (κ2) is 9.40. The number of rotatable bonds is 6. The standard InChI is InChI=1S/C25H32O3Si/c1-19(24(27)18-28-21(3)26)17-20(2)29(25(4,5)6,22-13-9-7-10-14-22)23-15-11-8-12-16-23/h7-16,24,27H,18H2,1-6H3/t17?,24-/m1/s1. The average molecular weight is 409 g/mol. The fourth-order valence-electron chi connectivity index (χ4n) is 4.20. The molecule has 0 fully saturated rings. The van der Waals surface area contributed by atoms with E-state index < -0.39 is 20.1 Å². The lowest BCUT2D eigenvalue weighted by Gasteiger charge is -2.44. The lowest BCUT2D eigenvalue weighted by Crippen LogP contribution is -2.65. The van der Waals surface area contributed by atoms with Gasteiger partial charge in [0.25, 0.3) is 0 Å². The van der Waals surface area contributed by atoms with Crippen molar-refractivity contribution in [2.45, 2.75) is 52.7 Å². The van der Waals surface area contributed by atoms with Crippen LogP contribution in [0.25, 0.3) is 0 Å². The Morgan fingerprint density at radius 1 is 0.966 bits per heavy atom. The Morgan fingerprint density at radius 2 is 1.41 bits per heavy atom. The van der Waals surface area contributed by atoms with Crippen LogP contribution in [0.2, 0.25) is 5.04 Å². The zero-order valence-electron chi connectivity index (χ0n) is 18.3. The van der Waals surface area contributed by atoms with Gasteiger partial charge in [-0.2, -0.15) is 0 Å². The van der Waals surface area contributed by atoms with E-state index in [1.54, 1.807) is 0 Å². The van der Waals surface area contributed by atoms with E-state index in [9.17, 15) is 9.90 Å². The van der Waals surface area contributed by atoms with Gasteiger partial charge >= 0.3 is 5.97 Å². The van der Waals surface area contributed by atoms with Crippen molar-refractivity contribution in [3.05, 3.63) is 77.2 Å². The molecule has 0 bridgehead atoms. The third-order valence-corrected chi connectivity index (χ3v) is 11.3. The molecule has 0 aliphatic carbocycles. The van der Waals surface area contributed by atoms with E-state index in [0.717, 1.165) is 5.20 Å². The molecule has 0 saturated heterocycles. The number of carbonyl (C=O) groups is 1. The molecule has 1 atom stereocenters. The summed E-state index contributed by atoms with van der Waals surface area (Å²) in [6, 6.07) is 21.3. The summed E-state index contributed by atoms with van der Waals surface area (Å²) in [5.74, 6) is -0.399. The topological polar surface area (TPSA) is 46.5 Å². The molecule has 4 heteroatoms. The largest absolute Gasteiger partial charge is 0.463 e. The zero-order chi connectivity index (χ0) is 21.7. The highest BCUT2D eigenvalue weighted by atomic mass is 28.3. The lowest BCUT2D eigenvalue weighted by atomic mass is 10.2. The number of aliphatic hydroxyl groups excluding tert-OH is 1. The summed E-state index contributed by atoms with van der Waals surface area (Å²) in [5, 5.41) is 14.2. The molecular formula is C25H32O3Si. The molecule has 2 rings (SSSR count). The fraction of sp³-hybridized carbons (Fsp3) is 0.360. The van der Waals surface area contributed by atoms with Crippen LogP contribution < -0.4 is 10.4 Å². The quantitative estimate of drug-likeness (QED) is 0.446. The second-order valence-corrected chi connectivity index (χ2v) is 13.4. The molecule has 0 radical (unpaired) electrons. The van der Waals surface area contributed by atoms with Crippen molar-refractivity contribution in [2.75, 3.05) is 6.61 Å². The van der Waals surface area contributed by atoms with Crippen LogP contribution in [0.4, 0.5) is 0 Å². The Balaban J connectivity index is 2.76. The van der Waals surface area contributed by atoms with Crippen molar-refractivity contribution in [1.29, 1.82) is 0 Å². The molecule has 3 nitrogen and oxygen atoms in total. The number of hydrogen-bond acceptors (Lipinski definition) is 3. The van der Waals surface area contributed by atoms with E-state index >= 15 is 0 Å². The van der Waals surface area contributed by atoms with Crippen molar-refractivity contribution >= 4 is 24.4 Å². The normalized spacial score (nSPS) is 12.7. The minimum absolute atomic E-state index is 0.0338. The smallest absolute Gasteiger partial charge is 0.302 e. The highest BCUT2D eigenvalue weighted by Gasteiger charge is 2.49. The van der Waals surface area contributed by atoms with Gasteiger partial charge in [-0.3, -0.25) is 4.79 Å². The van der Waals surface area contributed by atoms with Gasteiger partial charge in [0.2, 0.25) is 0 Å². The number of benzene rings is 2. The van der Waals surface area contributed by atoms with Gasteiger partial charge in [0.1, 0.15) is 12.7 Å². The second-order valence-electron chi connectivity index (χ2n) is 8.48. The first-order valence-electron chi connectivity index (χ1n) is 9.97. The van der Waals surface area contributed by atoms with E-state index in [-0.39, 0.29) is 11.6 Å². The maximum absolute atomic E-state index is 11.1. The van der Waals surface area contributed by atoms with Crippen molar-refractivity contribution < 1.29 is 14.6 Å². The van der Waals surface area contributed by atoms with Gasteiger partial charge in [-0.25, -0.2) is 0 Å². The summed E-state index contributed by atoms with van der Waals surface area (Å²) in [4.78, 5) is 11.1. The van der Waals surface area contributed by atoms with E-state index in [2.05, 4.69) is 82.0 Å². The number of hydrogen-bond donors (Lipinski definition) is 1. The fourth-order valence-corrected chi connectivity index (χ4v) is 10.0. The van der Waals surface area contributed by atoms with Gasteiger partial charge in [0.15, 0.2) is 8.07 Å². The molecule has 0 spiro atoms. The molecule has 2 aromatic rings. The highest BCUT2D eigenvalue weighted by molar-refractivity contribution is 7.09. The number of ether oxygens (including phenoxy) is 1. The first-order valence-corrected chi connectivity index (χ1v) is 12.0. The molecule has 0 unspecified atom stereocenters. The number of carbonyl (C=O) groups excluding carboxylic acids is 1. The summed E-state index contributed by atoms with van der Waals surface area (Å²) < 4.78 is 4.98. The zero-order valence-corrected chi connectivity index (χ0v) is 19.3. The third kappa shape index (κ3) is 4.97. The molecule has 0 saturated carbocycles. The summed E-state index contributed by atoms with van der Waals surface area (Å²) in [5.41, 5.74) is 4.18. The molecular weight excluding hydrogens is 376 g/mol. The maximum Gasteiger partial charge on any atom is 0.302 e. The van der Waals surface area contributed by atoms with Gasteiger partial charge in [-0.05, 0) is 40.0 Å². The van der Waals surface area contributed by atoms with Crippen molar-refractivity contribution in [3.8, 4) is 0 Å². The Morgan fingerprint density at radius 3 is 1.79 bits per heavy atom. The first kappa shape index (κ1) is 22.9. The third-order valence-electron chi connectivity index (χ3n) is 5.43. The van der Waals surface area contributed by atoms with Crippen LogP contribution in [0, 0.1) is 0 Å². The van der Waals surface area contributed by atoms with E-state index in [1.807, 2.05) is 19.1 Å². The molecule has 0 amide bonds. The maximum atomic E-state index is 11.1. The van der Waals surface area contributed by atoms with Gasteiger partial charge in [-0.15, -0.1) is 5.73 Å². The van der Waals surface area contributed by atoms with Crippen molar-refractivity contribution in [1.82, 2.24) is 0 Å². The summed E-state index contributed by atoms with van der Waals surface area (Å²) >= 11 is 0. The van der Waals surface area contributed by atoms with E-state index in [0.29, 0.717) is 5.57 Å². The monoisotopic (exact) mass is 408 g/mol. The molecule has 29 heavy (non-hydrogen) atoms. The Labute approximate surface area is 175 Å². The van der Waals surface area contributed by atoms with Crippen LogP contribution in [-0.4, -0.2) is 31.9 Å². The molecule has 0 aromatic heterocycles. The molecule has 0 aliphatic rings. The Kier molecular flexibility index (Phi) is 7.42. The van der Waals surface area contributed by atoms with Crippen molar-refractivity contribution in [2.24, 2.45) is 0 Å². The van der Waals surface area contributed by atoms with E-state index in [1.165, 1.54) is 17.3 Å². The first-order chi connectivity index (χ1) is 13.6. The predicted molar refractivity (Wildman–Crippen MR) is 122 cm³/mol. The minimum Gasteiger partial charge on any atom is -0.463 e. The molecule has 154 valence electrons. The van der Waals surface area contributed by atoms with Gasteiger partial charge < -0.3 is 9.84 Å². The van der Waals surface area contributed by atoms with E-state index in [4.69, 9.17) is 4.74 Å². The molecule has 0 aliphatic heterocycles. The summed E-state index contributed by atoms with van der Waals surface area (Å²) in [7, 11) is -2.44. The van der Waals surface area contributed by atoms with Crippen molar-refractivity contribution in [3.63, 3.8) is 0 Å². The lowest BCUT2D eigenvalue weighted by molar-refractivity contribution is -0.143. The van der Waals surface area contributed by atoms with Gasteiger partial charge in [0.05, 0.1) is 0 Å². The molecule has 0 heterocycles. The summed E-state index contributed by atoms with van der Waals surface area (Å²) in [6.07, 6.45) is -0.868. The Hall–Kier alpha value is -2.39. The minimum atomic E-state index is -2.44. The average Bonchev–Trinajstić information content (AvgIpc) is 2.67.